The molecule has 0 atom stereocenters. The predicted molar refractivity (Wildman–Crippen MR) is 189 cm³/mol. The predicted octanol–water partition coefficient (Wildman–Crippen LogP) is 9.09. The van der Waals surface area contributed by atoms with E-state index >= 15 is 0 Å². The van der Waals surface area contributed by atoms with Crippen molar-refractivity contribution in [3.05, 3.63) is 108 Å². The summed E-state index contributed by atoms with van der Waals surface area (Å²) in [5.74, 6) is -0.802. The molecule has 0 fully saturated rings. The van der Waals surface area contributed by atoms with E-state index in [0.717, 1.165) is 46.9 Å². The summed E-state index contributed by atoms with van der Waals surface area (Å²) < 4.78 is 37.8. The normalized spacial score (nSPS) is 16.8. The van der Waals surface area contributed by atoms with E-state index in [2.05, 4.69) is 77.9 Å². The number of nitrogens with zero attached hydrogens (tertiary/aromatic N) is 2. The number of hydrogen-bond donors (Lipinski definition) is 1. The largest absolute Gasteiger partial charge is 0.744 e. The van der Waals surface area contributed by atoms with Gasteiger partial charge < -0.3 is 14.6 Å². The van der Waals surface area contributed by atoms with Crippen molar-refractivity contribution in [3.63, 3.8) is 0 Å². The molecule has 7 nitrogen and oxygen atoms in total. The van der Waals surface area contributed by atoms with E-state index < -0.39 is 21.5 Å². The topological polar surface area (TPSA) is 101 Å². The Bertz CT molecular complexity index is 1750. The van der Waals surface area contributed by atoms with Gasteiger partial charge in [-0.25, -0.2) is 8.42 Å². The van der Waals surface area contributed by atoms with E-state index in [1.54, 1.807) is 6.07 Å². The van der Waals surface area contributed by atoms with E-state index in [9.17, 15) is 17.8 Å². The number of benzene rings is 3. The molecule has 0 spiro atoms. The summed E-state index contributed by atoms with van der Waals surface area (Å²) >= 11 is 0. The lowest BCUT2D eigenvalue weighted by atomic mass is 9.81. The highest BCUT2D eigenvalue weighted by Crippen LogP contribution is 2.51. The first-order chi connectivity index (χ1) is 20.3. The Kier molecular flexibility index (Phi) is 12.1. The number of fused-ring (bicyclic) bond motifs is 2. The summed E-state index contributed by atoms with van der Waals surface area (Å²) in [5, 5.41) is 9.02. The molecule has 2 aliphatic rings. The number of rotatable bonds is 10. The Morgan fingerprint density at radius 2 is 1.52 bits per heavy atom. The maximum absolute atomic E-state index is 11.9. The molecule has 2 aliphatic heterocycles. The van der Waals surface area contributed by atoms with Gasteiger partial charge in [0.1, 0.15) is 16.7 Å². The van der Waals surface area contributed by atoms with Crippen LogP contribution in [0, 0.1) is 0 Å². The molecule has 0 bridgehead atoms. The van der Waals surface area contributed by atoms with Gasteiger partial charge >= 0.3 is 5.97 Å². The number of unbranched alkanes of at least 4 members (excludes halogenated alkanes) is 2. The summed E-state index contributed by atoms with van der Waals surface area (Å²) in [6, 6.07) is 23.3. The Labute approximate surface area is 276 Å². The Morgan fingerprint density at radius 3 is 2.17 bits per heavy atom. The molecule has 1 N–H and O–H groups in total. The average Bonchev–Trinajstić information content (AvgIpc) is 3.31. The van der Waals surface area contributed by atoms with Crippen LogP contribution < -0.4 is 4.90 Å². The zero-order valence-corrected chi connectivity index (χ0v) is 25.9. The summed E-state index contributed by atoms with van der Waals surface area (Å²) in [5.41, 5.74) is 6.40. The second kappa shape index (κ2) is 14.6. The van der Waals surface area contributed by atoms with Crippen LogP contribution in [0.25, 0.3) is 0 Å². The number of carboxylic acid groups (broad SMARTS) is 1. The van der Waals surface area contributed by atoms with Gasteiger partial charge in [0.05, 0.1) is 10.3 Å². The molecule has 0 aliphatic carbocycles. The molecule has 0 unspecified atom stereocenters. The second-order valence-corrected chi connectivity index (χ2v) is 13.6. The molecular weight excluding hydrogens is 596 g/mol. The van der Waals surface area contributed by atoms with Gasteiger partial charge in [0.2, 0.25) is 5.69 Å². The Morgan fingerprint density at radius 1 is 0.870 bits per heavy atom. The third kappa shape index (κ3) is 7.18. The first-order valence-corrected chi connectivity index (χ1v) is 16.0. The molecule has 0 saturated carbocycles. The molecule has 0 saturated heterocycles. The van der Waals surface area contributed by atoms with Gasteiger partial charge in [0.15, 0.2) is 5.71 Å². The molecule has 2 heterocycles. The van der Waals surface area contributed by atoms with Crippen LogP contribution in [0.1, 0.15) is 86.8 Å². The highest BCUT2D eigenvalue weighted by molar-refractivity contribution is 7.85. The van der Waals surface area contributed by atoms with Crippen molar-refractivity contribution in [1.29, 1.82) is 0 Å². The molecule has 248 valence electrons. The third-order valence-corrected chi connectivity index (χ3v) is 9.48. The van der Waals surface area contributed by atoms with Crippen molar-refractivity contribution in [3.8, 4) is 0 Å². The summed E-state index contributed by atoms with van der Waals surface area (Å²) in [6.45, 7) is 9.17. The quantitative estimate of drug-likeness (QED) is 0.134. The van der Waals surface area contributed by atoms with Crippen LogP contribution in [-0.2, 0) is 25.7 Å². The zero-order chi connectivity index (χ0) is 31.0. The highest BCUT2D eigenvalue weighted by atomic mass is 32.2. The van der Waals surface area contributed by atoms with Gasteiger partial charge in [0, 0.05) is 53.0 Å². The van der Waals surface area contributed by atoms with Crippen LogP contribution >= 0.6 is 0 Å². The van der Waals surface area contributed by atoms with Gasteiger partial charge in [-0.2, -0.15) is 4.58 Å². The lowest BCUT2D eigenvalue weighted by Gasteiger charge is -2.27. The number of hydrogen-bond acceptors (Lipinski definition) is 5. The van der Waals surface area contributed by atoms with Crippen molar-refractivity contribution >= 4 is 38.9 Å². The molecule has 3 aromatic carbocycles. The van der Waals surface area contributed by atoms with E-state index in [1.807, 2.05) is 32.0 Å². The molecule has 46 heavy (non-hydrogen) atoms. The number of carbonyl (C=O) groups is 1. The second-order valence-electron chi connectivity index (χ2n) is 12.2. The Hall–Kier alpha value is -4.01. The van der Waals surface area contributed by atoms with Crippen molar-refractivity contribution in [2.45, 2.75) is 91.4 Å². The van der Waals surface area contributed by atoms with Crippen LogP contribution in [0.5, 0.6) is 0 Å². The number of anilines is 2. The van der Waals surface area contributed by atoms with Gasteiger partial charge in [-0.3, -0.25) is 4.79 Å². The van der Waals surface area contributed by atoms with Crippen molar-refractivity contribution in [2.75, 3.05) is 11.4 Å². The standard InChI is InChI=1S/C35H38N2O5S.3CH4/c1-34(2)27-16-10-11-17-30(27)37(25-14-7-5-8-15-25)32(34)19-13-18-31-35(3,4)28-24-26(43(40,41)42)21-22-29(28)36(31)23-12-6-9-20-33(38)39;;;/h5,7-8,10-11,13-19,21-22,24H,6,9,12,20,23H2,1-4H3,(H-,38,39,40,41,42);3*1H4. The molecule has 8 heteroatoms. The zero-order valence-electron chi connectivity index (χ0n) is 25.1. The fraction of sp³-hybridized carbons (Fsp3) is 0.368. The van der Waals surface area contributed by atoms with E-state index in [1.165, 1.54) is 17.7 Å². The van der Waals surface area contributed by atoms with Gasteiger partial charge in [-0.1, -0.05) is 78.6 Å². The van der Waals surface area contributed by atoms with Crippen LogP contribution in [-0.4, -0.2) is 40.9 Å². The maximum atomic E-state index is 11.9. The minimum absolute atomic E-state index is 0. The first kappa shape index (κ1) is 38.2. The first-order valence-electron chi connectivity index (χ1n) is 14.6. The summed E-state index contributed by atoms with van der Waals surface area (Å²) in [7, 11) is -4.61. The van der Waals surface area contributed by atoms with Crippen molar-refractivity contribution in [1.82, 2.24) is 0 Å². The monoisotopic (exact) mass is 646 g/mol. The SMILES string of the molecule is C.C.C.CC1(C)C(=CC=CC2=[N+](CCCCCC(=O)O)c3ccc(S(=O)(=O)[O-])cc3C2(C)C)N(c2ccccc2)c2ccccc21. The number of aliphatic carboxylic acids is 1. The van der Waals surface area contributed by atoms with Crippen molar-refractivity contribution < 1.29 is 27.4 Å². The highest BCUT2D eigenvalue weighted by Gasteiger charge is 2.45. The van der Waals surface area contributed by atoms with E-state index in [0.29, 0.717) is 13.0 Å². The lowest BCUT2D eigenvalue weighted by molar-refractivity contribution is -0.438. The van der Waals surface area contributed by atoms with E-state index in [4.69, 9.17) is 5.11 Å². The van der Waals surface area contributed by atoms with E-state index in [-0.39, 0.29) is 39.0 Å². The van der Waals surface area contributed by atoms with Gasteiger partial charge in [-0.15, -0.1) is 0 Å². The van der Waals surface area contributed by atoms with Crippen LogP contribution in [0.15, 0.2) is 102 Å². The lowest BCUT2D eigenvalue weighted by Crippen LogP contribution is -2.28. The molecule has 0 amide bonds. The van der Waals surface area contributed by atoms with Crippen LogP contribution in [0.3, 0.4) is 0 Å². The average molecular weight is 647 g/mol. The third-order valence-electron chi connectivity index (χ3n) is 8.65. The molecule has 5 rings (SSSR count). The van der Waals surface area contributed by atoms with Gasteiger partial charge in [0.25, 0.3) is 0 Å². The molecule has 0 aromatic heterocycles. The minimum Gasteiger partial charge on any atom is -0.744 e. The van der Waals surface area contributed by atoms with Crippen LogP contribution in [0.2, 0.25) is 0 Å². The smallest absolute Gasteiger partial charge is 0.303 e. The van der Waals surface area contributed by atoms with Gasteiger partial charge in [-0.05, 0) is 68.7 Å². The summed E-state index contributed by atoms with van der Waals surface area (Å²) in [6.07, 6.45) is 8.54. The fourth-order valence-electron chi connectivity index (χ4n) is 6.39. The van der Waals surface area contributed by atoms with Crippen molar-refractivity contribution in [2.24, 2.45) is 0 Å². The number of carboxylic acids is 1. The minimum atomic E-state index is -4.61. The maximum Gasteiger partial charge on any atom is 0.303 e. The summed E-state index contributed by atoms with van der Waals surface area (Å²) in [4.78, 5) is 13.0. The fourth-order valence-corrected chi connectivity index (χ4v) is 6.88. The molecule has 0 radical (unpaired) electrons. The van der Waals surface area contributed by atoms with Crippen LogP contribution in [0.4, 0.5) is 17.1 Å². The molecule has 3 aromatic rings. The number of para-hydroxylation sites is 2. The molecular formula is C38H50N2O5S. The number of allylic oxidation sites excluding steroid dienone is 4. The Balaban J connectivity index is 0.00000245.